The minimum absolute atomic E-state index is 0.395. The number of aliphatic hydroxyl groups is 1. The van der Waals surface area contributed by atoms with E-state index in [2.05, 4.69) is 36.9 Å². The highest BCUT2D eigenvalue weighted by Crippen LogP contribution is 2.31. The third-order valence-corrected chi connectivity index (χ3v) is 4.63. The van der Waals surface area contributed by atoms with Gasteiger partial charge >= 0.3 is 0 Å². The predicted octanol–water partition coefficient (Wildman–Crippen LogP) is 2.59. The van der Waals surface area contributed by atoms with E-state index in [-0.39, 0.29) is 0 Å². The van der Waals surface area contributed by atoms with Crippen LogP contribution >= 0.6 is 0 Å². The van der Waals surface area contributed by atoms with Crippen molar-refractivity contribution in [3.8, 4) is 0 Å². The zero-order chi connectivity index (χ0) is 14.1. The average molecular weight is 275 g/mol. The summed E-state index contributed by atoms with van der Waals surface area (Å²) >= 11 is 0. The van der Waals surface area contributed by atoms with Gasteiger partial charge in [-0.25, -0.2) is 0 Å². The lowest BCUT2D eigenvalue weighted by Crippen LogP contribution is -2.49. The number of rotatable bonds is 3. The largest absolute Gasteiger partial charge is 0.387 e. The number of hydrogen-bond acceptors (Lipinski definition) is 3. The van der Waals surface area contributed by atoms with E-state index >= 15 is 0 Å². The minimum Gasteiger partial charge on any atom is -0.387 e. The van der Waals surface area contributed by atoms with E-state index in [9.17, 15) is 5.11 Å². The third-order valence-electron chi connectivity index (χ3n) is 4.63. The van der Waals surface area contributed by atoms with Gasteiger partial charge in [0.2, 0.25) is 0 Å². The summed E-state index contributed by atoms with van der Waals surface area (Å²) in [4.78, 5) is 2.43. The number of β-amino-alcohol motifs (C(OH)–C–C–N with tert-alkyl or cyclic N) is 1. The van der Waals surface area contributed by atoms with E-state index in [4.69, 9.17) is 4.74 Å². The van der Waals surface area contributed by atoms with Gasteiger partial charge < -0.3 is 9.84 Å². The molecule has 3 rings (SSSR count). The maximum Gasteiger partial charge on any atom is 0.0917 e. The summed E-state index contributed by atoms with van der Waals surface area (Å²) in [6, 6.07) is 6.87. The second-order valence-electron chi connectivity index (χ2n) is 6.34. The number of aliphatic hydroxyl groups excluding tert-OH is 1. The van der Waals surface area contributed by atoms with E-state index in [1.54, 1.807) is 0 Å². The second kappa shape index (κ2) is 5.84. The molecular weight excluding hydrogens is 250 g/mol. The van der Waals surface area contributed by atoms with Crippen LogP contribution in [0, 0.1) is 13.8 Å². The molecule has 20 heavy (non-hydrogen) atoms. The molecule has 1 aromatic carbocycles. The van der Waals surface area contributed by atoms with Gasteiger partial charge in [0.1, 0.15) is 0 Å². The summed E-state index contributed by atoms with van der Waals surface area (Å²) < 4.78 is 5.83. The van der Waals surface area contributed by atoms with Crippen molar-refractivity contribution in [1.29, 1.82) is 0 Å². The number of morpholine rings is 1. The maximum atomic E-state index is 10.6. The molecule has 2 fully saturated rings. The van der Waals surface area contributed by atoms with E-state index in [0.29, 0.717) is 12.1 Å². The van der Waals surface area contributed by atoms with Gasteiger partial charge in [-0.15, -0.1) is 0 Å². The standard InChI is InChI=1S/C17H25NO2/c1-12-8-13(2)10-14(9-12)16(19)11-18-6-7-20-17-5-3-4-15(17)18/h8-10,15-17,19H,3-7,11H2,1-2H3. The summed E-state index contributed by atoms with van der Waals surface area (Å²) in [5, 5.41) is 10.6. The fourth-order valence-electron chi connectivity index (χ4n) is 3.76. The zero-order valence-electron chi connectivity index (χ0n) is 12.5. The van der Waals surface area contributed by atoms with Gasteiger partial charge in [-0.3, -0.25) is 4.90 Å². The third kappa shape index (κ3) is 2.90. The number of nitrogens with zero attached hydrogens (tertiary/aromatic N) is 1. The van der Waals surface area contributed by atoms with Crippen molar-refractivity contribution in [2.24, 2.45) is 0 Å². The van der Waals surface area contributed by atoms with Crippen molar-refractivity contribution >= 4 is 0 Å². The minimum atomic E-state index is -0.395. The van der Waals surface area contributed by atoms with E-state index in [1.807, 2.05) is 0 Å². The zero-order valence-corrected chi connectivity index (χ0v) is 12.5. The van der Waals surface area contributed by atoms with Crippen LogP contribution in [0.15, 0.2) is 18.2 Å². The second-order valence-corrected chi connectivity index (χ2v) is 6.34. The average Bonchev–Trinajstić information content (AvgIpc) is 2.87. The van der Waals surface area contributed by atoms with Crippen LogP contribution in [0.5, 0.6) is 0 Å². The highest BCUT2D eigenvalue weighted by Gasteiger charge is 2.36. The topological polar surface area (TPSA) is 32.7 Å². The molecule has 3 nitrogen and oxygen atoms in total. The van der Waals surface area contributed by atoms with Crippen LogP contribution in [0.2, 0.25) is 0 Å². The molecule has 3 atom stereocenters. The van der Waals surface area contributed by atoms with Gasteiger partial charge in [-0.1, -0.05) is 29.3 Å². The molecule has 1 aliphatic heterocycles. The highest BCUT2D eigenvalue weighted by molar-refractivity contribution is 5.30. The van der Waals surface area contributed by atoms with Crippen molar-refractivity contribution in [2.45, 2.75) is 51.4 Å². The Balaban J connectivity index is 1.70. The lowest BCUT2D eigenvalue weighted by Gasteiger charge is -2.38. The van der Waals surface area contributed by atoms with Crippen LogP contribution in [0.25, 0.3) is 0 Å². The van der Waals surface area contributed by atoms with E-state index < -0.39 is 6.10 Å². The van der Waals surface area contributed by atoms with Crippen LogP contribution in [0.3, 0.4) is 0 Å². The van der Waals surface area contributed by atoms with Crippen LogP contribution in [-0.4, -0.2) is 41.8 Å². The first-order valence-electron chi connectivity index (χ1n) is 7.75. The number of hydrogen-bond donors (Lipinski definition) is 1. The number of ether oxygens (including phenoxy) is 1. The fraction of sp³-hybridized carbons (Fsp3) is 0.647. The van der Waals surface area contributed by atoms with Crippen LogP contribution in [0.1, 0.15) is 42.1 Å². The SMILES string of the molecule is Cc1cc(C)cc(C(O)CN2CCOC3CCCC32)c1. The first-order valence-corrected chi connectivity index (χ1v) is 7.75. The molecule has 3 unspecified atom stereocenters. The van der Waals surface area contributed by atoms with Crippen molar-refractivity contribution in [1.82, 2.24) is 4.90 Å². The predicted molar refractivity (Wildman–Crippen MR) is 79.8 cm³/mol. The molecule has 110 valence electrons. The fourth-order valence-corrected chi connectivity index (χ4v) is 3.76. The van der Waals surface area contributed by atoms with Gasteiger partial charge in [0.25, 0.3) is 0 Å². The molecule has 1 saturated heterocycles. The van der Waals surface area contributed by atoms with Crippen LogP contribution in [-0.2, 0) is 4.74 Å². The van der Waals surface area contributed by atoms with Gasteiger partial charge in [-0.2, -0.15) is 0 Å². The molecule has 0 amide bonds. The summed E-state index contributed by atoms with van der Waals surface area (Å²) in [5.74, 6) is 0. The van der Waals surface area contributed by atoms with Crippen molar-refractivity contribution in [2.75, 3.05) is 19.7 Å². The van der Waals surface area contributed by atoms with Crippen molar-refractivity contribution in [3.05, 3.63) is 34.9 Å². The summed E-state index contributed by atoms with van der Waals surface area (Å²) in [5.41, 5.74) is 3.49. The molecule has 1 aliphatic carbocycles. The molecule has 0 spiro atoms. The number of benzene rings is 1. The Hall–Kier alpha value is -0.900. The molecule has 3 heteroatoms. The van der Waals surface area contributed by atoms with Crippen LogP contribution in [0.4, 0.5) is 0 Å². The lowest BCUT2D eigenvalue weighted by molar-refractivity contribution is -0.0675. The van der Waals surface area contributed by atoms with Crippen LogP contribution < -0.4 is 0 Å². The lowest BCUT2D eigenvalue weighted by atomic mass is 10.0. The molecule has 1 aromatic rings. The first kappa shape index (κ1) is 14.1. The van der Waals surface area contributed by atoms with E-state index in [1.165, 1.54) is 30.4 Å². The molecule has 2 aliphatic rings. The smallest absolute Gasteiger partial charge is 0.0917 e. The molecule has 1 N–H and O–H groups in total. The summed E-state index contributed by atoms with van der Waals surface area (Å²) in [7, 11) is 0. The summed E-state index contributed by atoms with van der Waals surface area (Å²) in [6.45, 7) is 6.66. The Morgan fingerprint density at radius 3 is 2.75 bits per heavy atom. The maximum absolute atomic E-state index is 10.6. The van der Waals surface area contributed by atoms with Crippen molar-refractivity contribution in [3.63, 3.8) is 0 Å². The van der Waals surface area contributed by atoms with Gasteiger partial charge in [0, 0.05) is 19.1 Å². The quantitative estimate of drug-likeness (QED) is 0.920. The number of fused-ring (bicyclic) bond motifs is 1. The number of aryl methyl sites for hydroxylation is 2. The van der Waals surface area contributed by atoms with Gasteiger partial charge in [-0.05, 0) is 38.7 Å². The Labute approximate surface area is 121 Å². The molecule has 0 radical (unpaired) electrons. The Morgan fingerprint density at radius 1 is 1.25 bits per heavy atom. The Kier molecular flexibility index (Phi) is 4.11. The molecule has 0 aromatic heterocycles. The monoisotopic (exact) mass is 275 g/mol. The Bertz CT molecular complexity index is 454. The summed E-state index contributed by atoms with van der Waals surface area (Å²) in [6.07, 6.45) is 3.65. The van der Waals surface area contributed by atoms with Gasteiger partial charge in [0.05, 0.1) is 18.8 Å². The molecule has 0 bridgehead atoms. The van der Waals surface area contributed by atoms with E-state index in [0.717, 1.165) is 25.3 Å². The normalized spacial score (nSPS) is 28.4. The van der Waals surface area contributed by atoms with Gasteiger partial charge in [0.15, 0.2) is 0 Å². The Morgan fingerprint density at radius 2 is 2.00 bits per heavy atom. The molecule has 1 heterocycles. The molecule has 1 saturated carbocycles. The highest BCUT2D eigenvalue weighted by atomic mass is 16.5. The molecular formula is C17H25NO2. The van der Waals surface area contributed by atoms with Crippen molar-refractivity contribution < 1.29 is 9.84 Å². The first-order chi connectivity index (χ1) is 9.63.